The minimum atomic E-state index is 0.559. The molecule has 0 amide bonds. The van der Waals surface area contributed by atoms with E-state index in [-0.39, 0.29) is 0 Å². The minimum absolute atomic E-state index is 0.559. The van der Waals surface area contributed by atoms with Crippen molar-refractivity contribution in [1.82, 2.24) is 30.4 Å². The highest BCUT2D eigenvalue weighted by Crippen LogP contribution is 2.05. The molecule has 1 aliphatic heterocycles. The van der Waals surface area contributed by atoms with Gasteiger partial charge in [-0.15, -0.1) is 5.10 Å². The molecule has 17 heavy (non-hydrogen) atoms. The van der Waals surface area contributed by atoms with Gasteiger partial charge in [-0.3, -0.25) is 4.90 Å². The minimum Gasteiger partial charge on any atom is -0.312 e. The van der Waals surface area contributed by atoms with Gasteiger partial charge >= 0.3 is 0 Å². The Labute approximate surface area is 102 Å². The molecule has 0 radical (unpaired) electrons. The monoisotopic (exact) mass is 238 g/mol. The lowest BCUT2D eigenvalue weighted by atomic mass is 10.2. The van der Waals surface area contributed by atoms with Crippen LogP contribution in [-0.4, -0.2) is 50.8 Å². The Kier molecular flexibility index (Phi) is 4.44. The average molecular weight is 238 g/mol. The second kappa shape index (κ2) is 6.07. The Balaban J connectivity index is 1.91. The lowest BCUT2D eigenvalue weighted by Crippen LogP contribution is -2.48. The number of piperazine rings is 1. The molecule has 2 rings (SSSR count). The summed E-state index contributed by atoms with van der Waals surface area (Å²) in [6, 6.07) is 0.559. The molecule has 96 valence electrons. The van der Waals surface area contributed by atoms with Crippen molar-refractivity contribution in [3.63, 3.8) is 0 Å². The molecule has 1 atom stereocenters. The van der Waals surface area contributed by atoms with E-state index < -0.39 is 0 Å². The van der Waals surface area contributed by atoms with E-state index in [1.54, 1.807) is 0 Å². The number of aromatic nitrogens is 4. The number of nitrogens with one attached hydrogen (secondary N) is 1. The number of hydrogen-bond acceptors (Lipinski definition) is 5. The van der Waals surface area contributed by atoms with Crippen molar-refractivity contribution in [2.24, 2.45) is 0 Å². The summed E-state index contributed by atoms with van der Waals surface area (Å²) >= 11 is 0. The Morgan fingerprint density at radius 2 is 2.35 bits per heavy atom. The Hall–Kier alpha value is -1.01. The van der Waals surface area contributed by atoms with Crippen molar-refractivity contribution in [2.75, 3.05) is 19.6 Å². The summed E-state index contributed by atoms with van der Waals surface area (Å²) in [7, 11) is 0. The first kappa shape index (κ1) is 12.4. The molecule has 1 aliphatic rings. The topological polar surface area (TPSA) is 58.9 Å². The second-order valence-corrected chi connectivity index (χ2v) is 4.76. The maximum Gasteiger partial charge on any atom is 0.165 e. The van der Waals surface area contributed by atoms with Gasteiger partial charge in [0.1, 0.15) is 0 Å². The van der Waals surface area contributed by atoms with Crippen LogP contribution in [-0.2, 0) is 13.1 Å². The predicted molar refractivity (Wildman–Crippen MR) is 65.5 cm³/mol. The van der Waals surface area contributed by atoms with Gasteiger partial charge in [-0.05, 0) is 23.8 Å². The van der Waals surface area contributed by atoms with Gasteiger partial charge in [-0.1, -0.05) is 13.3 Å². The highest BCUT2D eigenvalue weighted by molar-refractivity contribution is 4.84. The van der Waals surface area contributed by atoms with Crippen LogP contribution in [0.1, 0.15) is 32.5 Å². The van der Waals surface area contributed by atoms with Crippen LogP contribution in [0.15, 0.2) is 0 Å². The van der Waals surface area contributed by atoms with Crippen molar-refractivity contribution in [3.8, 4) is 0 Å². The Morgan fingerprint density at radius 1 is 1.47 bits per heavy atom. The van der Waals surface area contributed by atoms with E-state index in [9.17, 15) is 0 Å². The van der Waals surface area contributed by atoms with Gasteiger partial charge < -0.3 is 5.32 Å². The molecule has 1 saturated heterocycles. The molecule has 0 unspecified atom stereocenters. The van der Waals surface area contributed by atoms with Crippen LogP contribution in [0.4, 0.5) is 0 Å². The molecule has 0 aromatic carbocycles. The molecular formula is C11H22N6. The van der Waals surface area contributed by atoms with Crippen LogP contribution < -0.4 is 5.32 Å². The number of aryl methyl sites for hydroxylation is 1. The first-order valence-electron chi connectivity index (χ1n) is 6.50. The molecule has 0 bridgehead atoms. The fraction of sp³-hybridized carbons (Fsp3) is 0.909. The van der Waals surface area contributed by atoms with E-state index in [0.29, 0.717) is 6.04 Å². The zero-order chi connectivity index (χ0) is 12.1. The third-order valence-corrected chi connectivity index (χ3v) is 3.15. The summed E-state index contributed by atoms with van der Waals surface area (Å²) in [6.45, 7) is 9.39. The normalized spacial score (nSPS) is 21.9. The van der Waals surface area contributed by atoms with Crippen LogP contribution in [0.2, 0.25) is 0 Å². The van der Waals surface area contributed by atoms with Gasteiger partial charge in [-0.2, -0.15) is 0 Å². The summed E-state index contributed by atoms with van der Waals surface area (Å²) in [5, 5.41) is 15.4. The molecule has 1 aromatic heterocycles. The largest absolute Gasteiger partial charge is 0.312 e. The zero-order valence-corrected chi connectivity index (χ0v) is 10.8. The van der Waals surface area contributed by atoms with Crippen molar-refractivity contribution < 1.29 is 0 Å². The molecule has 2 heterocycles. The first-order valence-corrected chi connectivity index (χ1v) is 6.50. The van der Waals surface area contributed by atoms with Gasteiger partial charge in [0.05, 0.1) is 6.54 Å². The maximum absolute atomic E-state index is 4.13. The number of rotatable bonds is 5. The van der Waals surface area contributed by atoms with Crippen molar-refractivity contribution in [3.05, 3.63) is 5.82 Å². The second-order valence-electron chi connectivity index (χ2n) is 4.76. The van der Waals surface area contributed by atoms with Gasteiger partial charge in [-0.25, -0.2) is 4.68 Å². The van der Waals surface area contributed by atoms with Gasteiger partial charge in [0, 0.05) is 32.2 Å². The standard InChI is InChI=1S/C11H22N6/c1-3-4-6-17-11(13-14-15-17)9-16-7-5-12-10(2)8-16/h10,12H,3-9H2,1-2H3/t10-/m1/s1. The lowest BCUT2D eigenvalue weighted by molar-refractivity contribution is 0.192. The molecule has 6 heteroatoms. The average Bonchev–Trinajstić information content (AvgIpc) is 2.74. The highest BCUT2D eigenvalue weighted by atomic mass is 15.5. The molecule has 6 nitrogen and oxygen atoms in total. The van der Waals surface area contributed by atoms with Gasteiger partial charge in [0.2, 0.25) is 0 Å². The van der Waals surface area contributed by atoms with E-state index in [1.165, 1.54) is 6.42 Å². The van der Waals surface area contributed by atoms with Gasteiger partial charge in [0.25, 0.3) is 0 Å². The molecule has 1 fully saturated rings. The molecule has 0 spiro atoms. The Morgan fingerprint density at radius 3 is 3.12 bits per heavy atom. The van der Waals surface area contributed by atoms with Crippen molar-refractivity contribution in [1.29, 1.82) is 0 Å². The highest BCUT2D eigenvalue weighted by Gasteiger charge is 2.18. The predicted octanol–water partition coefficient (Wildman–Crippen LogP) is 0.267. The Bertz CT molecular complexity index is 336. The number of tetrazole rings is 1. The quantitative estimate of drug-likeness (QED) is 0.798. The number of nitrogens with zero attached hydrogens (tertiary/aromatic N) is 5. The van der Waals surface area contributed by atoms with Crippen LogP contribution in [0.5, 0.6) is 0 Å². The molecule has 1 aromatic rings. The lowest BCUT2D eigenvalue weighted by Gasteiger charge is -2.31. The summed E-state index contributed by atoms with van der Waals surface area (Å²) < 4.78 is 1.94. The number of hydrogen-bond donors (Lipinski definition) is 1. The first-order chi connectivity index (χ1) is 8.29. The van der Waals surface area contributed by atoms with Crippen LogP contribution in [0.3, 0.4) is 0 Å². The van der Waals surface area contributed by atoms with E-state index in [4.69, 9.17) is 0 Å². The third kappa shape index (κ3) is 3.47. The number of unbranched alkanes of at least 4 members (excludes halogenated alkanes) is 1. The molecule has 0 aliphatic carbocycles. The van der Waals surface area contributed by atoms with E-state index in [0.717, 1.165) is 45.0 Å². The summed E-state index contributed by atoms with van der Waals surface area (Å²) in [4.78, 5) is 2.41. The molecule has 1 N–H and O–H groups in total. The summed E-state index contributed by atoms with van der Waals surface area (Å²) in [6.07, 6.45) is 2.31. The van der Waals surface area contributed by atoms with Crippen LogP contribution >= 0.6 is 0 Å². The smallest absolute Gasteiger partial charge is 0.165 e. The summed E-state index contributed by atoms with van der Waals surface area (Å²) in [5.74, 6) is 0.993. The molecule has 0 saturated carbocycles. The maximum atomic E-state index is 4.13. The fourth-order valence-corrected chi connectivity index (χ4v) is 2.17. The van der Waals surface area contributed by atoms with E-state index in [2.05, 4.69) is 39.6 Å². The SMILES string of the molecule is CCCCn1nnnc1CN1CCN[C@H](C)C1. The third-order valence-electron chi connectivity index (χ3n) is 3.15. The zero-order valence-electron chi connectivity index (χ0n) is 10.8. The van der Waals surface area contributed by atoms with E-state index >= 15 is 0 Å². The van der Waals surface area contributed by atoms with Crippen molar-refractivity contribution in [2.45, 2.75) is 45.8 Å². The molecular weight excluding hydrogens is 216 g/mol. The van der Waals surface area contributed by atoms with Crippen molar-refractivity contribution >= 4 is 0 Å². The summed E-state index contributed by atoms with van der Waals surface area (Å²) in [5.41, 5.74) is 0. The van der Waals surface area contributed by atoms with Gasteiger partial charge in [0.15, 0.2) is 5.82 Å². The van der Waals surface area contributed by atoms with Crippen LogP contribution in [0.25, 0.3) is 0 Å². The van der Waals surface area contributed by atoms with E-state index in [1.807, 2.05) is 4.68 Å². The fourth-order valence-electron chi connectivity index (χ4n) is 2.17. The van der Waals surface area contributed by atoms with Crippen LogP contribution in [0, 0.1) is 0 Å².